The Hall–Kier alpha value is -3.22. The monoisotopic (exact) mass is 350 g/mol. The van der Waals surface area contributed by atoms with E-state index >= 15 is 0 Å². The van der Waals surface area contributed by atoms with Crippen molar-refractivity contribution in [1.82, 2.24) is 20.0 Å². The standard InChI is InChI=1S/C19H18N4O3/c1-23(11-14-9-16(22-26-14)12-5-3-2-4-6-12)19(25)15-10-20-17(13-7-8-13)21-18(15)24/h2-6,9-10,13H,7-8,11H2,1H3,(H,20,21,24). The number of rotatable bonds is 5. The van der Waals surface area contributed by atoms with Crippen LogP contribution in [-0.4, -0.2) is 33.0 Å². The van der Waals surface area contributed by atoms with E-state index in [1.54, 1.807) is 13.1 Å². The topological polar surface area (TPSA) is 92.1 Å². The number of hydrogen-bond donors (Lipinski definition) is 1. The zero-order valence-corrected chi connectivity index (χ0v) is 14.3. The Morgan fingerprint density at radius 1 is 1.31 bits per heavy atom. The summed E-state index contributed by atoms with van der Waals surface area (Å²) in [6.07, 6.45) is 3.43. The number of H-pyrrole nitrogens is 1. The van der Waals surface area contributed by atoms with Gasteiger partial charge in [0.1, 0.15) is 17.1 Å². The molecule has 1 fully saturated rings. The van der Waals surface area contributed by atoms with Crippen molar-refractivity contribution < 1.29 is 9.32 Å². The van der Waals surface area contributed by atoms with Gasteiger partial charge in [0.15, 0.2) is 5.76 Å². The average Bonchev–Trinajstić information content (AvgIpc) is 3.41. The molecule has 132 valence electrons. The first kappa shape index (κ1) is 16.3. The van der Waals surface area contributed by atoms with Crippen LogP contribution in [0.15, 0.2) is 51.9 Å². The van der Waals surface area contributed by atoms with Gasteiger partial charge in [0, 0.05) is 30.8 Å². The number of aromatic amines is 1. The molecule has 1 saturated carbocycles. The Kier molecular flexibility index (Phi) is 4.12. The molecule has 1 N–H and O–H groups in total. The minimum atomic E-state index is -0.404. The molecule has 2 aromatic heterocycles. The second-order valence-electron chi connectivity index (χ2n) is 6.49. The number of nitrogens with zero attached hydrogens (tertiary/aromatic N) is 3. The number of carbonyl (C=O) groups excluding carboxylic acids is 1. The number of aromatic nitrogens is 3. The molecule has 4 rings (SSSR count). The third-order valence-electron chi connectivity index (χ3n) is 4.38. The van der Waals surface area contributed by atoms with E-state index in [2.05, 4.69) is 15.1 Å². The van der Waals surface area contributed by atoms with Crippen molar-refractivity contribution in [3.05, 3.63) is 70.1 Å². The van der Waals surface area contributed by atoms with Crippen molar-refractivity contribution >= 4 is 5.91 Å². The highest BCUT2D eigenvalue weighted by atomic mass is 16.5. The Labute approximate surface area is 149 Å². The molecule has 7 heteroatoms. The zero-order chi connectivity index (χ0) is 18.1. The van der Waals surface area contributed by atoms with Crippen molar-refractivity contribution in [2.75, 3.05) is 7.05 Å². The van der Waals surface area contributed by atoms with E-state index < -0.39 is 11.5 Å². The summed E-state index contributed by atoms with van der Waals surface area (Å²) in [6, 6.07) is 11.4. The predicted octanol–water partition coefficient (Wildman–Crippen LogP) is 2.57. The quantitative estimate of drug-likeness (QED) is 0.763. The van der Waals surface area contributed by atoms with Gasteiger partial charge in [-0.15, -0.1) is 0 Å². The van der Waals surface area contributed by atoms with E-state index in [-0.39, 0.29) is 12.1 Å². The van der Waals surface area contributed by atoms with Crippen LogP contribution in [0.4, 0.5) is 0 Å². The lowest BCUT2D eigenvalue weighted by molar-refractivity contribution is 0.0770. The van der Waals surface area contributed by atoms with Crippen LogP contribution < -0.4 is 5.56 Å². The Balaban J connectivity index is 1.48. The smallest absolute Gasteiger partial charge is 0.263 e. The second kappa shape index (κ2) is 6.59. The van der Waals surface area contributed by atoms with Gasteiger partial charge in [-0.3, -0.25) is 9.59 Å². The maximum atomic E-state index is 12.5. The summed E-state index contributed by atoms with van der Waals surface area (Å²) in [6.45, 7) is 0.211. The van der Waals surface area contributed by atoms with Gasteiger partial charge in [0.05, 0.1) is 6.54 Å². The van der Waals surface area contributed by atoms with Crippen LogP contribution in [0.25, 0.3) is 11.3 Å². The van der Waals surface area contributed by atoms with Crippen LogP contribution >= 0.6 is 0 Å². The highest BCUT2D eigenvalue weighted by Crippen LogP contribution is 2.37. The van der Waals surface area contributed by atoms with Crippen LogP contribution in [0.5, 0.6) is 0 Å². The summed E-state index contributed by atoms with van der Waals surface area (Å²) in [7, 11) is 1.61. The first-order valence-electron chi connectivity index (χ1n) is 8.47. The molecule has 1 aromatic carbocycles. The molecule has 3 aromatic rings. The molecule has 0 aliphatic heterocycles. The molecule has 7 nitrogen and oxygen atoms in total. The van der Waals surface area contributed by atoms with Crippen molar-refractivity contribution in [3.63, 3.8) is 0 Å². The predicted molar refractivity (Wildman–Crippen MR) is 94.6 cm³/mol. The van der Waals surface area contributed by atoms with Gasteiger partial charge >= 0.3 is 0 Å². The number of benzene rings is 1. The molecule has 2 heterocycles. The van der Waals surface area contributed by atoms with Crippen molar-refractivity contribution in [2.24, 2.45) is 0 Å². The summed E-state index contributed by atoms with van der Waals surface area (Å²) in [5.41, 5.74) is 1.27. The maximum absolute atomic E-state index is 12.5. The van der Waals surface area contributed by atoms with Crippen LogP contribution in [0, 0.1) is 0 Å². The summed E-state index contributed by atoms with van der Waals surface area (Å²) in [4.78, 5) is 33.1. The minimum Gasteiger partial charge on any atom is -0.359 e. The Bertz CT molecular complexity index is 989. The molecule has 0 atom stereocenters. The van der Waals surface area contributed by atoms with Crippen LogP contribution in [-0.2, 0) is 6.54 Å². The first-order chi connectivity index (χ1) is 12.6. The molecular formula is C19H18N4O3. The lowest BCUT2D eigenvalue weighted by Crippen LogP contribution is -2.32. The zero-order valence-electron chi connectivity index (χ0n) is 14.3. The molecule has 1 aliphatic rings. The number of hydrogen-bond acceptors (Lipinski definition) is 5. The lowest BCUT2D eigenvalue weighted by atomic mass is 10.1. The molecular weight excluding hydrogens is 332 g/mol. The van der Waals surface area contributed by atoms with Gasteiger partial charge < -0.3 is 14.4 Å². The maximum Gasteiger partial charge on any atom is 0.263 e. The normalized spacial score (nSPS) is 13.6. The molecule has 0 radical (unpaired) electrons. The van der Waals surface area contributed by atoms with E-state index in [1.165, 1.54) is 11.1 Å². The summed E-state index contributed by atoms with van der Waals surface area (Å²) < 4.78 is 5.32. The summed E-state index contributed by atoms with van der Waals surface area (Å²) in [5, 5.41) is 4.03. The molecule has 1 aliphatic carbocycles. The fourth-order valence-electron chi connectivity index (χ4n) is 2.77. The summed E-state index contributed by atoms with van der Waals surface area (Å²) >= 11 is 0. The fraction of sp³-hybridized carbons (Fsp3) is 0.263. The van der Waals surface area contributed by atoms with Crippen LogP contribution in [0.2, 0.25) is 0 Å². The molecule has 0 bridgehead atoms. The first-order valence-corrected chi connectivity index (χ1v) is 8.47. The molecule has 0 spiro atoms. The third-order valence-corrected chi connectivity index (χ3v) is 4.38. The fourth-order valence-corrected chi connectivity index (χ4v) is 2.77. The summed E-state index contributed by atoms with van der Waals surface area (Å²) in [5.74, 6) is 1.13. The van der Waals surface area contributed by atoms with Gasteiger partial charge in [0.2, 0.25) is 0 Å². The van der Waals surface area contributed by atoms with Crippen molar-refractivity contribution in [2.45, 2.75) is 25.3 Å². The largest absolute Gasteiger partial charge is 0.359 e. The lowest BCUT2D eigenvalue weighted by Gasteiger charge is -2.14. The SMILES string of the molecule is CN(Cc1cc(-c2ccccc2)no1)C(=O)c1cnc(C2CC2)[nH]c1=O. The van der Waals surface area contributed by atoms with E-state index in [4.69, 9.17) is 4.52 Å². The molecule has 0 unspecified atom stereocenters. The van der Waals surface area contributed by atoms with Gasteiger partial charge in [-0.05, 0) is 12.8 Å². The molecule has 26 heavy (non-hydrogen) atoms. The van der Waals surface area contributed by atoms with E-state index in [9.17, 15) is 9.59 Å². The van der Waals surface area contributed by atoms with Gasteiger partial charge in [0.25, 0.3) is 11.5 Å². The van der Waals surface area contributed by atoms with Crippen LogP contribution in [0.1, 0.15) is 40.7 Å². The Morgan fingerprint density at radius 3 is 2.77 bits per heavy atom. The Morgan fingerprint density at radius 2 is 2.08 bits per heavy atom. The van der Waals surface area contributed by atoms with Gasteiger partial charge in [-0.1, -0.05) is 35.5 Å². The molecule has 1 amide bonds. The van der Waals surface area contributed by atoms with E-state index in [1.807, 2.05) is 30.3 Å². The highest BCUT2D eigenvalue weighted by molar-refractivity contribution is 5.93. The number of carbonyl (C=O) groups is 1. The average molecular weight is 350 g/mol. The van der Waals surface area contributed by atoms with Crippen molar-refractivity contribution in [3.8, 4) is 11.3 Å². The van der Waals surface area contributed by atoms with E-state index in [0.717, 1.165) is 18.4 Å². The highest BCUT2D eigenvalue weighted by Gasteiger charge is 2.27. The second-order valence-corrected chi connectivity index (χ2v) is 6.49. The minimum absolute atomic E-state index is 0.0275. The third kappa shape index (κ3) is 3.28. The van der Waals surface area contributed by atoms with Crippen molar-refractivity contribution in [1.29, 1.82) is 0 Å². The van der Waals surface area contributed by atoms with Gasteiger partial charge in [-0.25, -0.2) is 4.98 Å². The van der Waals surface area contributed by atoms with E-state index in [0.29, 0.717) is 23.2 Å². The van der Waals surface area contributed by atoms with Gasteiger partial charge in [-0.2, -0.15) is 0 Å². The van der Waals surface area contributed by atoms with Crippen LogP contribution in [0.3, 0.4) is 0 Å². The number of amides is 1. The number of nitrogens with one attached hydrogen (secondary N) is 1. The molecule has 0 saturated heterocycles.